The number of rotatable bonds is 8. The Morgan fingerprint density at radius 3 is 1.92 bits per heavy atom. The van der Waals surface area contributed by atoms with E-state index in [0.29, 0.717) is 0 Å². The molecule has 0 aromatic heterocycles. The first kappa shape index (κ1) is 12.9. The minimum absolute atomic E-state index is 1.16. The van der Waals surface area contributed by atoms with E-state index in [1.54, 1.807) is 0 Å². The summed E-state index contributed by atoms with van der Waals surface area (Å²) in [7, 11) is -1.28. The fourth-order valence-electron chi connectivity index (χ4n) is 1.84. The molecule has 0 amide bonds. The molecule has 13 heavy (non-hydrogen) atoms. The smallest absolute Gasteiger partial charge is 0.149 e. The van der Waals surface area contributed by atoms with Crippen LogP contribution >= 0.6 is 0 Å². The number of nitrogens with one attached hydrogen (secondary N) is 1. The van der Waals surface area contributed by atoms with Crippen molar-refractivity contribution in [1.82, 2.24) is 4.98 Å². The first-order chi connectivity index (χ1) is 6.24. The van der Waals surface area contributed by atoms with Crippen LogP contribution in [0.25, 0.3) is 0 Å². The molecular weight excluding hydrogens is 174 g/mol. The maximum atomic E-state index is 4.02. The van der Waals surface area contributed by atoms with Crippen LogP contribution < -0.4 is 4.98 Å². The highest BCUT2D eigenvalue weighted by atomic mass is 28.3. The summed E-state index contributed by atoms with van der Waals surface area (Å²) in [5.41, 5.74) is 2.25. The predicted octanol–water partition coefficient (Wildman–Crippen LogP) is 3.48. The van der Waals surface area contributed by atoms with Crippen LogP contribution in [0.3, 0.4) is 0 Å². The van der Waals surface area contributed by atoms with Crippen molar-refractivity contribution in [3.8, 4) is 0 Å². The highest BCUT2D eigenvalue weighted by molar-refractivity contribution is 6.82. The second kappa shape index (κ2) is 7.33. The maximum Gasteiger partial charge on any atom is 0.149 e. The van der Waals surface area contributed by atoms with Crippen molar-refractivity contribution in [3.05, 3.63) is 12.3 Å². The van der Waals surface area contributed by atoms with Gasteiger partial charge in [0.05, 0.1) is 0 Å². The summed E-state index contributed by atoms with van der Waals surface area (Å²) >= 11 is 0. The molecule has 1 N–H and O–H groups in total. The van der Waals surface area contributed by atoms with Gasteiger partial charge in [-0.1, -0.05) is 39.3 Å². The van der Waals surface area contributed by atoms with Gasteiger partial charge in [-0.3, -0.25) is 0 Å². The molecule has 0 bridgehead atoms. The third-order valence-electron chi connectivity index (χ3n) is 2.51. The van der Waals surface area contributed by atoms with Crippen molar-refractivity contribution in [3.63, 3.8) is 0 Å². The summed E-state index contributed by atoms with van der Waals surface area (Å²) in [5.74, 6) is 0. The third kappa shape index (κ3) is 4.63. The molecule has 0 atom stereocenters. The molecule has 0 aromatic rings. The van der Waals surface area contributed by atoms with E-state index in [0.717, 1.165) is 6.54 Å². The molecule has 0 saturated carbocycles. The molecule has 78 valence electrons. The van der Waals surface area contributed by atoms with Crippen LogP contribution in [-0.2, 0) is 0 Å². The van der Waals surface area contributed by atoms with Gasteiger partial charge >= 0.3 is 0 Å². The molecule has 0 unspecified atom stereocenters. The molecule has 0 radical (unpaired) electrons. The molecule has 0 aliphatic carbocycles. The van der Waals surface area contributed by atoms with E-state index in [-0.39, 0.29) is 0 Å². The molecule has 0 aliphatic rings. The molecule has 0 fully saturated rings. The molecule has 0 spiro atoms. The van der Waals surface area contributed by atoms with Gasteiger partial charge in [0.15, 0.2) is 0 Å². The van der Waals surface area contributed by atoms with E-state index in [2.05, 4.69) is 38.0 Å². The zero-order chi connectivity index (χ0) is 10.2. The lowest BCUT2D eigenvalue weighted by Gasteiger charge is -2.28. The normalized spacial score (nSPS) is 11.6. The Hall–Kier alpha value is -0.0831. The zero-order valence-corrected chi connectivity index (χ0v) is 10.5. The quantitative estimate of drug-likeness (QED) is 0.590. The SMILES string of the molecule is C=C[Si](CCC)(CCC)NCCC. The molecule has 0 rings (SSSR count). The van der Waals surface area contributed by atoms with Crippen LogP contribution in [-0.4, -0.2) is 14.8 Å². The Morgan fingerprint density at radius 1 is 1.08 bits per heavy atom. The Labute approximate surface area is 84.7 Å². The summed E-state index contributed by atoms with van der Waals surface area (Å²) in [5, 5.41) is 0. The summed E-state index contributed by atoms with van der Waals surface area (Å²) in [6.45, 7) is 12.0. The molecule has 0 heterocycles. The fraction of sp³-hybridized carbons (Fsp3) is 0.818. The van der Waals surface area contributed by atoms with Gasteiger partial charge in [0.2, 0.25) is 0 Å². The summed E-state index contributed by atoms with van der Waals surface area (Å²) in [6.07, 6.45) is 3.81. The van der Waals surface area contributed by atoms with Crippen LogP contribution in [0.2, 0.25) is 12.1 Å². The molecule has 0 aromatic carbocycles. The Kier molecular flexibility index (Phi) is 7.29. The van der Waals surface area contributed by atoms with Crippen LogP contribution in [0, 0.1) is 0 Å². The van der Waals surface area contributed by atoms with Crippen molar-refractivity contribution >= 4 is 8.24 Å². The van der Waals surface area contributed by atoms with Gasteiger partial charge in [0, 0.05) is 0 Å². The minimum atomic E-state index is -1.28. The van der Waals surface area contributed by atoms with Gasteiger partial charge in [0.1, 0.15) is 8.24 Å². The molecule has 1 nitrogen and oxygen atoms in total. The zero-order valence-electron chi connectivity index (χ0n) is 9.53. The van der Waals surface area contributed by atoms with E-state index < -0.39 is 8.24 Å². The lowest BCUT2D eigenvalue weighted by molar-refractivity contribution is 0.810. The van der Waals surface area contributed by atoms with E-state index in [1.165, 1.54) is 31.4 Å². The second-order valence-electron chi connectivity index (χ2n) is 3.79. The number of hydrogen-bond acceptors (Lipinski definition) is 1. The fourth-order valence-corrected chi connectivity index (χ4v) is 5.53. The van der Waals surface area contributed by atoms with Crippen LogP contribution in [0.5, 0.6) is 0 Å². The van der Waals surface area contributed by atoms with Crippen molar-refractivity contribution in [1.29, 1.82) is 0 Å². The van der Waals surface area contributed by atoms with E-state index in [1.807, 2.05) is 0 Å². The lowest BCUT2D eigenvalue weighted by Crippen LogP contribution is -2.48. The van der Waals surface area contributed by atoms with Crippen LogP contribution in [0.15, 0.2) is 12.3 Å². The topological polar surface area (TPSA) is 12.0 Å². The summed E-state index contributed by atoms with van der Waals surface area (Å²) in [4.78, 5) is 3.76. The van der Waals surface area contributed by atoms with Gasteiger partial charge in [-0.05, 0) is 25.1 Å². The van der Waals surface area contributed by atoms with Crippen molar-refractivity contribution in [2.24, 2.45) is 0 Å². The molecule has 0 saturated heterocycles. The van der Waals surface area contributed by atoms with Crippen LogP contribution in [0.4, 0.5) is 0 Å². The van der Waals surface area contributed by atoms with E-state index in [4.69, 9.17) is 0 Å². The summed E-state index contributed by atoms with van der Waals surface area (Å²) in [6, 6.07) is 2.70. The van der Waals surface area contributed by atoms with E-state index >= 15 is 0 Å². The Morgan fingerprint density at radius 2 is 1.62 bits per heavy atom. The van der Waals surface area contributed by atoms with Gasteiger partial charge in [-0.25, -0.2) is 0 Å². The first-order valence-electron chi connectivity index (χ1n) is 5.63. The van der Waals surface area contributed by atoms with Gasteiger partial charge < -0.3 is 4.98 Å². The molecule has 0 aliphatic heterocycles. The lowest BCUT2D eigenvalue weighted by atomic mass is 10.5. The van der Waals surface area contributed by atoms with Gasteiger partial charge in [-0.15, -0.1) is 6.58 Å². The maximum absolute atomic E-state index is 4.02. The van der Waals surface area contributed by atoms with Gasteiger partial charge in [0.25, 0.3) is 0 Å². The Balaban J connectivity index is 4.16. The highest BCUT2D eigenvalue weighted by Crippen LogP contribution is 2.17. The standard InChI is InChI=1S/C11H25NSi/c1-5-9-12-13(8-4,10-6-2)11-7-3/h8,12H,4-7,9-11H2,1-3H3. The average Bonchev–Trinajstić information content (AvgIpc) is 2.15. The highest BCUT2D eigenvalue weighted by Gasteiger charge is 2.26. The molecular formula is C11H25NSi. The summed E-state index contributed by atoms with van der Waals surface area (Å²) < 4.78 is 0. The minimum Gasteiger partial charge on any atom is -0.334 e. The van der Waals surface area contributed by atoms with Crippen LogP contribution in [0.1, 0.15) is 40.0 Å². The van der Waals surface area contributed by atoms with E-state index in [9.17, 15) is 0 Å². The largest absolute Gasteiger partial charge is 0.334 e. The van der Waals surface area contributed by atoms with Crippen molar-refractivity contribution in [2.45, 2.75) is 52.1 Å². The first-order valence-corrected chi connectivity index (χ1v) is 8.12. The Bertz CT molecular complexity index is 128. The van der Waals surface area contributed by atoms with Crippen molar-refractivity contribution < 1.29 is 0 Å². The monoisotopic (exact) mass is 199 g/mol. The van der Waals surface area contributed by atoms with Gasteiger partial charge in [-0.2, -0.15) is 0 Å². The van der Waals surface area contributed by atoms with Crippen molar-refractivity contribution in [2.75, 3.05) is 6.54 Å². The average molecular weight is 199 g/mol. The third-order valence-corrected chi connectivity index (χ3v) is 7.03. The predicted molar refractivity (Wildman–Crippen MR) is 64.4 cm³/mol. The molecule has 2 heteroatoms. The second-order valence-corrected chi connectivity index (χ2v) is 7.86. The number of hydrogen-bond donors (Lipinski definition) is 1.